The van der Waals surface area contributed by atoms with Gasteiger partial charge in [0.25, 0.3) is 5.91 Å². The summed E-state index contributed by atoms with van der Waals surface area (Å²) in [7, 11) is 0. The predicted molar refractivity (Wildman–Crippen MR) is 121 cm³/mol. The third kappa shape index (κ3) is 7.71. The number of carbonyl (C=O) groups is 1. The molecule has 0 aliphatic carbocycles. The van der Waals surface area contributed by atoms with Crippen molar-refractivity contribution < 1.29 is 9.53 Å². The zero-order chi connectivity index (χ0) is 21.7. The van der Waals surface area contributed by atoms with Gasteiger partial charge in [0.15, 0.2) is 6.61 Å². The molecule has 0 unspecified atom stereocenters. The van der Waals surface area contributed by atoms with Gasteiger partial charge in [-0.15, -0.1) is 0 Å². The van der Waals surface area contributed by atoms with E-state index < -0.39 is 0 Å². The largest absolute Gasteiger partial charge is 0.484 e. The van der Waals surface area contributed by atoms with E-state index in [9.17, 15) is 4.79 Å². The summed E-state index contributed by atoms with van der Waals surface area (Å²) < 4.78 is 5.55. The van der Waals surface area contributed by atoms with E-state index in [-0.39, 0.29) is 23.3 Å². The first-order chi connectivity index (χ1) is 13.5. The molecule has 0 saturated heterocycles. The van der Waals surface area contributed by atoms with Crippen LogP contribution in [0.5, 0.6) is 5.75 Å². The molecule has 6 heteroatoms. The van der Waals surface area contributed by atoms with Gasteiger partial charge in [-0.05, 0) is 52.6 Å². The minimum Gasteiger partial charge on any atom is -0.484 e. The molecule has 0 fully saturated rings. The second kappa shape index (κ2) is 9.64. The number of amides is 1. The number of benzene rings is 2. The van der Waals surface area contributed by atoms with Gasteiger partial charge in [-0.25, -0.2) is 5.43 Å². The van der Waals surface area contributed by atoms with Crippen molar-refractivity contribution in [3.8, 4) is 5.75 Å². The van der Waals surface area contributed by atoms with Crippen LogP contribution in [0.1, 0.15) is 52.2 Å². The maximum Gasteiger partial charge on any atom is 0.277 e. The molecule has 156 valence electrons. The van der Waals surface area contributed by atoms with E-state index in [1.165, 1.54) is 11.8 Å². The first-order valence-electron chi connectivity index (χ1n) is 9.47. The maximum atomic E-state index is 11.9. The van der Waals surface area contributed by atoms with Gasteiger partial charge >= 0.3 is 0 Å². The highest BCUT2D eigenvalue weighted by atomic mass is 35.5. The van der Waals surface area contributed by atoms with E-state index in [4.69, 9.17) is 27.9 Å². The fourth-order valence-corrected chi connectivity index (χ4v) is 3.69. The van der Waals surface area contributed by atoms with Crippen LogP contribution in [0.3, 0.4) is 0 Å². The lowest BCUT2D eigenvalue weighted by Gasteiger charge is -2.33. The Bertz CT molecular complexity index is 869. The highest BCUT2D eigenvalue weighted by Crippen LogP contribution is 2.36. The summed E-state index contributed by atoms with van der Waals surface area (Å²) >= 11 is 11.8. The van der Waals surface area contributed by atoms with Crippen LogP contribution in [0.4, 0.5) is 0 Å². The van der Waals surface area contributed by atoms with Crippen molar-refractivity contribution in [2.24, 2.45) is 10.5 Å². The van der Waals surface area contributed by atoms with Gasteiger partial charge in [0, 0.05) is 0 Å². The zero-order valence-corrected chi connectivity index (χ0v) is 19.1. The molecular formula is C23H28Cl2N2O2. The number of halogens is 2. The second-order valence-corrected chi connectivity index (χ2v) is 9.72. The number of hydrogen-bond donors (Lipinski definition) is 1. The maximum absolute atomic E-state index is 11.9. The van der Waals surface area contributed by atoms with Crippen LogP contribution in [0.2, 0.25) is 10.0 Å². The first kappa shape index (κ1) is 23.2. The van der Waals surface area contributed by atoms with Gasteiger partial charge in [-0.2, -0.15) is 5.10 Å². The molecule has 0 bridgehead atoms. The average Bonchev–Trinajstić information content (AvgIpc) is 2.61. The minimum atomic E-state index is -0.349. The smallest absolute Gasteiger partial charge is 0.277 e. The molecule has 4 nitrogen and oxygen atoms in total. The first-order valence-corrected chi connectivity index (χ1v) is 10.2. The van der Waals surface area contributed by atoms with E-state index in [1.54, 1.807) is 18.2 Å². The molecule has 0 spiro atoms. The van der Waals surface area contributed by atoms with Crippen molar-refractivity contribution in [1.82, 2.24) is 5.43 Å². The average molecular weight is 435 g/mol. The quantitative estimate of drug-likeness (QED) is 0.414. The van der Waals surface area contributed by atoms with E-state index in [0.717, 1.165) is 12.0 Å². The summed E-state index contributed by atoms with van der Waals surface area (Å²) in [5, 5.41) is 4.80. The van der Waals surface area contributed by atoms with Crippen molar-refractivity contribution in [2.75, 3.05) is 6.61 Å². The van der Waals surface area contributed by atoms with Crippen LogP contribution in [0.25, 0.3) is 0 Å². The van der Waals surface area contributed by atoms with Crippen LogP contribution >= 0.6 is 23.2 Å². The molecule has 0 saturated carbocycles. The summed E-state index contributed by atoms with van der Waals surface area (Å²) in [6.45, 7) is 11.1. The normalized spacial score (nSPS) is 12.2. The second-order valence-electron chi connectivity index (χ2n) is 8.90. The molecule has 0 atom stereocenters. The van der Waals surface area contributed by atoms with E-state index in [2.05, 4.69) is 57.3 Å². The lowest BCUT2D eigenvalue weighted by Crippen LogP contribution is -2.25. The molecule has 1 amide bonds. The molecule has 29 heavy (non-hydrogen) atoms. The van der Waals surface area contributed by atoms with Gasteiger partial charge in [-0.3, -0.25) is 4.79 Å². The Morgan fingerprint density at radius 1 is 1.03 bits per heavy atom. The molecular weight excluding hydrogens is 407 g/mol. The zero-order valence-electron chi connectivity index (χ0n) is 17.6. The third-order valence-electron chi connectivity index (χ3n) is 4.32. The monoisotopic (exact) mass is 434 g/mol. The highest BCUT2D eigenvalue weighted by molar-refractivity contribution is 6.42. The summed E-state index contributed by atoms with van der Waals surface area (Å²) in [5.74, 6) is 0.294. The van der Waals surface area contributed by atoms with E-state index >= 15 is 0 Å². The number of hydrazone groups is 1. The van der Waals surface area contributed by atoms with Crippen molar-refractivity contribution in [1.29, 1.82) is 0 Å². The Morgan fingerprint density at radius 3 is 2.28 bits per heavy atom. The molecule has 0 radical (unpaired) electrons. The Hall–Kier alpha value is -2.04. The number of hydrogen-bond acceptors (Lipinski definition) is 3. The summed E-state index contributed by atoms with van der Waals surface area (Å²) in [6.07, 6.45) is 2.56. The standard InChI is InChI=1S/C23H28Cl2N2O2/c1-22(2,3)15-23(4,5)17-7-9-18(10-8-17)29-14-21(28)27-26-13-16-6-11-19(24)20(25)12-16/h6-13H,14-15H2,1-5H3,(H,27,28)/b26-13+. The molecule has 0 aliphatic rings. The van der Waals surface area contributed by atoms with Gasteiger partial charge in [0.05, 0.1) is 16.3 Å². The third-order valence-corrected chi connectivity index (χ3v) is 5.06. The summed E-state index contributed by atoms with van der Waals surface area (Å²) in [6, 6.07) is 13.0. The lowest BCUT2D eigenvalue weighted by atomic mass is 9.72. The van der Waals surface area contributed by atoms with Crippen LogP contribution in [0, 0.1) is 5.41 Å². The minimum absolute atomic E-state index is 0.0629. The molecule has 0 heterocycles. The Labute approximate surface area is 183 Å². The van der Waals surface area contributed by atoms with Crippen molar-refractivity contribution in [3.63, 3.8) is 0 Å². The SMILES string of the molecule is CC(C)(C)CC(C)(C)c1ccc(OCC(=O)N/N=C/c2ccc(Cl)c(Cl)c2)cc1. The van der Waals surface area contributed by atoms with Crippen LogP contribution in [0.15, 0.2) is 47.6 Å². The van der Waals surface area contributed by atoms with E-state index in [1.807, 2.05) is 12.1 Å². The fraction of sp³-hybridized carbons (Fsp3) is 0.391. The molecule has 2 aromatic carbocycles. The molecule has 2 rings (SSSR count). The van der Waals surface area contributed by atoms with Gasteiger partial charge in [0.2, 0.25) is 0 Å². The number of nitrogens with one attached hydrogen (secondary N) is 1. The molecule has 0 aliphatic heterocycles. The van der Waals surface area contributed by atoms with Crippen LogP contribution in [-0.2, 0) is 10.2 Å². The Kier molecular flexibility index (Phi) is 7.73. The topological polar surface area (TPSA) is 50.7 Å². The Morgan fingerprint density at radius 2 is 1.69 bits per heavy atom. The Balaban J connectivity index is 1.85. The van der Waals surface area contributed by atoms with Crippen LogP contribution < -0.4 is 10.2 Å². The van der Waals surface area contributed by atoms with Gasteiger partial charge in [0.1, 0.15) is 5.75 Å². The predicted octanol–water partition coefficient (Wildman–Crippen LogP) is 6.24. The molecule has 2 aromatic rings. The number of rotatable bonds is 7. The number of ether oxygens (including phenoxy) is 1. The molecule has 0 aromatic heterocycles. The van der Waals surface area contributed by atoms with E-state index in [0.29, 0.717) is 15.8 Å². The van der Waals surface area contributed by atoms with Crippen molar-refractivity contribution in [2.45, 2.75) is 46.5 Å². The van der Waals surface area contributed by atoms with Gasteiger partial charge in [-0.1, -0.05) is 76.0 Å². The van der Waals surface area contributed by atoms with Crippen molar-refractivity contribution in [3.05, 3.63) is 63.6 Å². The fourth-order valence-electron chi connectivity index (χ4n) is 3.38. The van der Waals surface area contributed by atoms with Gasteiger partial charge < -0.3 is 4.74 Å². The molecule has 1 N–H and O–H groups in total. The van der Waals surface area contributed by atoms with Crippen LogP contribution in [-0.4, -0.2) is 18.7 Å². The summed E-state index contributed by atoms with van der Waals surface area (Å²) in [4.78, 5) is 11.9. The summed E-state index contributed by atoms with van der Waals surface area (Å²) in [5.41, 5.74) is 4.71. The highest BCUT2D eigenvalue weighted by Gasteiger charge is 2.27. The number of carbonyl (C=O) groups excluding carboxylic acids is 1. The lowest BCUT2D eigenvalue weighted by molar-refractivity contribution is -0.123. The van der Waals surface area contributed by atoms with Crippen molar-refractivity contribution >= 4 is 35.3 Å². The number of nitrogens with zero attached hydrogens (tertiary/aromatic N) is 1.